The molecule has 1 amide bonds. The van der Waals surface area contributed by atoms with E-state index >= 15 is 0 Å². The zero-order valence-corrected chi connectivity index (χ0v) is 22.3. The van der Waals surface area contributed by atoms with Gasteiger partial charge in [-0.15, -0.1) is 11.3 Å². The van der Waals surface area contributed by atoms with Crippen molar-refractivity contribution in [2.45, 2.75) is 58.7 Å². The highest BCUT2D eigenvalue weighted by molar-refractivity contribution is 7.09. The van der Waals surface area contributed by atoms with Gasteiger partial charge in [0.05, 0.1) is 28.0 Å². The third-order valence-corrected chi connectivity index (χ3v) is 7.95. The van der Waals surface area contributed by atoms with E-state index in [9.17, 15) is 4.79 Å². The average Bonchev–Trinajstić information content (AvgIpc) is 3.43. The van der Waals surface area contributed by atoms with Gasteiger partial charge in [0, 0.05) is 50.0 Å². The predicted octanol–water partition coefficient (Wildman–Crippen LogP) is 5.60. The maximum atomic E-state index is 12.9. The number of aromatic nitrogens is 3. The minimum atomic E-state index is -0.0801. The van der Waals surface area contributed by atoms with Gasteiger partial charge in [-0.1, -0.05) is 30.3 Å². The summed E-state index contributed by atoms with van der Waals surface area (Å²) >= 11 is 1.72. The Kier molecular flexibility index (Phi) is 8.02. The molecule has 6 nitrogen and oxygen atoms in total. The highest BCUT2D eigenvalue weighted by Gasteiger charge is 2.27. The lowest BCUT2D eigenvalue weighted by Gasteiger charge is -2.35. The van der Waals surface area contributed by atoms with Crippen molar-refractivity contribution in [1.29, 1.82) is 0 Å². The Morgan fingerprint density at radius 3 is 2.78 bits per heavy atom. The first-order chi connectivity index (χ1) is 18.1. The minimum Gasteiger partial charge on any atom is -0.348 e. The topological polar surface area (TPSA) is 71.0 Å². The first-order valence-corrected chi connectivity index (χ1v) is 13.8. The van der Waals surface area contributed by atoms with Crippen LogP contribution in [0, 0.1) is 13.8 Å². The Morgan fingerprint density at radius 1 is 1.05 bits per heavy atom. The van der Waals surface area contributed by atoms with Gasteiger partial charge in [0.25, 0.3) is 5.91 Å². The number of carbonyl (C=O) groups excluding carboxylic acids is 1. The first kappa shape index (κ1) is 25.2. The Hall–Kier alpha value is -3.42. The van der Waals surface area contributed by atoms with Crippen LogP contribution in [-0.4, -0.2) is 32.3 Å². The summed E-state index contributed by atoms with van der Waals surface area (Å²) in [6.07, 6.45) is 9.86. The molecule has 0 saturated carbocycles. The molecule has 1 aliphatic rings. The summed E-state index contributed by atoms with van der Waals surface area (Å²) in [5.41, 5.74) is 7.28. The summed E-state index contributed by atoms with van der Waals surface area (Å²) in [7, 11) is 0. The standard InChI is InChI=1S/C30H33N5OS/c1-21-11-14-31-22(2)28(21)30(36)34-19-23-6-3-7-24(18-23)20-35(16-12-27-32-15-17-37-27)26-10-4-8-25-9-5-13-33-29(25)26/h3,5-7,9,11,13-15,17-18,26H,4,8,10,12,16,19-20H2,1-2H3,(H,34,36). The van der Waals surface area contributed by atoms with Crippen LogP contribution in [0.4, 0.5) is 0 Å². The Labute approximate surface area is 222 Å². The lowest BCUT2D eigenvalue weighted by Crippen LogP contribution is -2.33. The Bertz CT molecular complexity index is 1330. The van der Waals surface area contributed by atoms with Gasteiger partial charge >= 0.3 is 0 Å². The molecule has 1 unspecified atom stereocenters. The van der Waals surface area contributed by atoms with Gasteiger partial charge in [-0.05, 0) is 67.5 Å². The third-order valence-electron chi connectivity index (χ3n) is 7.11. The van der Waals surface area contributed by atoms with Gasteiger partial charge < -0.3 is 5.32 Å². The van der Waals surface area contributed by atoms with E-state index in [2.05, 4.69) is 50.5 Å². The van der Waals surface area contributed by atoms with Gasteiger partial charge in [0.15, 0.2) is 0 Å². The minimum absolute atomic E-state index is 0.0801. The Morgan fingerprint density at radius 2 is 1.95 bits per heavy atom. The van der Waals surface area contributed by atoms with Crippen LogP contribution in [0.3, 0.4) is 0 Å². The van der Waals surface area contributed by atoms with Crippen LogP contribution in [0.1, 0.15) is 67.9 Å². The second kappa shape index (κ2) is 11.8. The molecule has 190 valence electrons. The van der Waals surface area contributed by atoms with Crippen molar-refractivity contribution in [2.75, 3.05) is 6.54 Å². The molecule has 0 bridgehead atoms. The fourth-order valence-corrected chi connectivity index (χ4v) is 5.89. The number of nitrogens with one attached hydrogen (secondary N) is 1. The zero-order chi connectivity index (χ0) is 25.6. The molecule has 0 aliphatic heterocycles. The van der Waals surface area contributed by atoms with Crippen LogP contribution in [0.15, 0.2) is 66.4 Å². The fourth-order valence-electron chi connectivity index (χ4n) is 5.28. The monoisotopic (exact) mass is 511 g/mol. The van der Waals surface area contributed by atoms with E-state index in [1.807, 2.05) is 43.8 Å². The normalized spacial score (nSPS) is 14.9. The highest BCUT2D eigenvalue weighted by atomic mass is 32.1. The number of thiazole rings is 1. The number of hydrogen-bond donors (Lipinski definition) is 1. The number of amides is 1. The summed E-state index contributed by atoms with van der Waals surface area (Å²) in [6.45, 7) is 6.06. The van der Waals surface area contributed by atoms with Crippen molar-refractivity contribution in [2.24, 2.45) is 0 Å². The summed E-state index contributed by atoms with van der Waals surface area (Å²) in [4.78, 5) is 29.0. The van der Waals surface area contributed by atoms with Crippen molar-refractivity contribution in [3.8, 4) is 0 Å². The number of hydrogen-bond acceptors (Lipinski definition) is 6. The van der Waals surface area contributed by atoms with E-state index in [1.54, 1.807) is 17.5 Å². The van der Waals surface area contributed by atoms with Gasteiger partial charge in [-0.25, -0.2) is 4.98 Å². The van der Waals surface area contributed by atoms with E-state index in [1.165, 1.54) is 28.2 Å². The summed E-state index contributed by atoms with van der Waals surface area (Å²) in [5.74, 6) is -0.0801. The number of carbonyl (C=O) groups is 1. The maximum absolute atomic E-state index is 12.9. The number of fused-ring (bicyclic) bond motifs is 1. The molecule has 0 fully saturated rings. The lowest BCUT2D eigenvalue weighted by molar-refractivity contribution is 0.0949. The molecule has 37 heavy (non-hydrogen) atoms. The van der Waals surface area contributed by atoms with Gasteiger partial charge in [-0.3, -0.25) is 19.7 Å². The highest BCUT2D eigenvalue weighted by Crippen LogP contribution is 2.34. The molecule has 1 atom stereocenters. The molecular weight excluding hydrogens is 478 g/mol. The maximum Gasteiger partial charge on any atom is 0.253 e. The van der Waals surface area contributed by atoms with Crippen LogP contribution >= 0.6 is 11.3 Å². The Balaban J connectivity index is 1.32. The quantitative estimate of drug-likeness (QED) is 0.317. The molecule has 3 heterocycles. The van der Waals surface area contributed by atoms with Gasteiger partial charge in [0.2, 0.25) is 0 Å². The second-order valence-corrected chi connectivity index (χ2v) is 10.7. The van der Waals surface area contributed by atoms with E-state index in [-0.39, 0.29) is 5.91 Å². The average molecular weight is 512 g/mol. The molecule has 1 aliphatic carbocycles. The van der Waals surface area contributed by atoms with Gasteiger partial charge in [0.1, 0.15) is 0 Å². The van der Waals surface area contributed by atoms with Crippen LogP contribution in [0.2, 0.25) is 0 Å². The lowest BCUT2D eigenvalue weighted by atomic mass is 9.90. The molecule has 7 heteroatoms. The molecule has 0 spiro atoms. The van der Waals surface area contributed by atoms with Crippen molar-refractivity contribution < 1.29 is 4.79 Å². The molecule has 1 aromatic carbocycles. The van der Waals surface area contributed by atoms with E-state index < -0.39 is 0 Å². The van der Waals surface area contributed by atoms with Crippen molar-refractivity contribution >= 4 is 17.2 Å². The van der Waals surface area contributed by atoms with Crippen LogP contribution < -0.4 is 5.32 Å². The van der Waals surface area contributed by atoms with Crippen molar-refractivity contribution in [1.82, 2.24) is 25.2 Å². The molecule has 0 saturated heterocycles. The fraction of sp³-hybridized carbons (Fsp3) is 0.333. The SMILES string of the molecule is Cc1ccnc(C)c1C(=O)NCc1cccc(CN(CCc2nccs2)C2CCCc3cccnc32)c1. The zero-order valence-electron chi connectivity index (χ0n) is 21.5. The molecular formula is C30H33N5OS. The summed E-state index contributed by atoms with van der Waals surface area (Å²) in [5, 5.41) is 6.30. The molecule has 0 radical (unpaired) electrons. The van der Waals surface area contributed by atoms with E-state index in [0.29, 0.717) is 18.2 Å². The number of nitrogens with zero attached hydrogens (tertiary/aromatic N) is 4. The smallest absolute Gasteiger partial charge is 0.253 e. The second-order valence-electron chi connectivity index (χ2n) is 9.69. The number of pyridine rings is 2. The first-order valence-electron chi connectivity index (χ1n) is 12.9. The summed E-state index contributed by atoms with van der Waals surface area (Å²) in [6, 6.07) is 15.0. The predicted molar refractivity (Wildman–Crippen MR) is 147 cm³/mol. The van der Waals surface area contributed by atoms with Crippen LogP contribution in [0.5, 0.6) is 0 Å². The number of aryl methyl sites for hydroxylation is 3. The largest absolute Gasteiger partial charge is 0.348 e. The molecule has 3 aromatic heterocycles. The van der Waals surface area contributed by atoms with Crippen LogP contribution in [0.25, 0.3) is 0 Å². The molecule has 5 rings (SSSR count). The van der Waals surface area contributed by atoms with E-state index in [4.69, 9.17) is 4.98 Å². The molecule has 4 aromatic rings. The van der Waals surface area contributed by atoms with Gasteiger partial charge in [-0.2, -0.15) is 0 Å². The van der Waals surface area contributed by atoms with Crippen molar-refractivity contribution in [3.63, 3.8) is 0 Å². The number of rotatable bonds is 9. The molecule has 1 N–H and O–H groups in total. The van der Waals surface area contributed by atoms with Crippen molar-refractivity contribution in [3.05, 3.63) is 111 Å². The third kappa shape index (κ3) is 6.12. The number of benzene rings is 1. The summed E-state index contributed by atoms with van der Waals surface area (Å²) < 4.78 is 0. The van der Waals surface area contributed by atoms with Crippen LogP contribution in [-0.2, 0) is 25.9 Å². The van der Waals surface area contributed by atoms with E-state index in [0.717, 1.165) is 49.2 Å².